The summed E-state index contributed by atoms with van der Waals surface area (Å²) >= 11 is 1.32. The fourth-order valence-corrected chi connectivity index (χ4v) is 3.97. The van der Waals surface area contributed by atoms with Crippen LogP contribution in [-0.2, 0) is 4.79 Å². The van der Waals surface area contributed by atoms with Gasteiger partial charge < -0.3 is 14.6 Å². The van der Waals surface area contributed by atoms with Gasteiger partial charge in [-0.05, 0) is 49.8 Å². The Morgan fingerprint density at radius 3 is 2.83 bits per heavy atom. The topological polar surface area (TPSA) is 90.1 Å². The maximum atomic E-state index is 12.9. The molecule has 2 aromatic heterocycles. The molecule has 0 aliphatic rings. The van der Waals surface area contributed by atoms with Crippen LogP contribution in [0.1, 0.15) is 19.4 Å². The van der Waals surface area contributed by atoms with Crippen LogP contribution in [0.2, 0.25) is 0 Å². The number of benzene rings is 2. The quantitative estimate of drug-likeness (QED) is 0.526. The number of carboxylic acid groups (broad SMARTS) is 1. The Bertz CT molecular complexity index is 1320. The Morgan fingerprint density at radius 2 is 2.07 bits per heavy atom. The van der Waals surface area contributed by atoms with Crippen LogP contribution in [0.5, 0.6) is 11.5 Å². The molecule has 1 N–H and O–H groups in total. The van der Waals surface area contributed by atoms with Crippen molar-refractivity contribution in [1.29, 1.82) is 0 Å². The standard InChI is InChI=1S/C21H18N2O5S/c1-3-27-17-10-13(8-9-16(17)28-12(2)20(25)26)11-18-19(24)23-15-7-5-4-6-14(15)22-21(23)29-18/h4-12H,3H2,1-2H3,(H,25,26)/b18-11-. The molecule has 1 atom stereocenters. The van der Waals surface area contributed by atoms with Crippen LogP contribution in [0.4, 0.5) is 0 Å². The molecule has 2 aromatic carbocycles. The Balaban J connectivity index is 1.77. The maximum Gasteiger partial charge on any atom is 0.344 e. The Labute approximate surface area is 169 Å². The predicted octanol–water partition coefficient (Wildman–Crippen LogP) is 2.71. The zero-order valence-corrected chi connectivity index (χ0v) is 16.6. The number of para-hydroxylation sites is 2. The summed E-state index contributed by atoms with van der Waals surface area (Å²) in [6.45, 7) is 3.68. The summed E-state index contributed by atoms with van der Waals surface area (Å²) in [6, 6.07) is 12.7. The van der Waals surface area contributed by atoms with Crippen LogP contribution < -0.4 is 19.6 Å². The van der Waals surface area contributed by atoms with Gasteiger partial charge in [0.05, 0.1) is 22.2 Å². The molecule has 7 nitrogen and oxygen atoms in total. The lowest BCUT2D eigenvalue weighted by molar-refractivity contribution is -0.144. The lowest BCUT2D eigenvalue weighted by Crippen LogP contribution is -2.23. The summed E-state index contributed by atoms with van der Waals surface area (Å²) in [7, 11) is 0. The zero-order chi connectivity index (χ0) is 20.5. The van der Waals surface area contributed by atoms with E-state index in [4.69, 9.17) is 14.6 Å². The third-order valence-electron chi connectivity index (χ3n) is 4.36. The molecule has 148 valence electrons. The number of fused-ring (bicyclic) bond motifs is 3. The molecule has 0 amide bonds. The van der Waals surface area contributed by atoms with E-state index in [2.05, 4.69) is 4.98 Å². The number of aromatic nitrogens is 2. The van der Waals surface area contributed by atoms with Crippen molar-refractivity contribution in [3.05, 3.63) is 62.9 Å². The van der Waals surface area contributed by atoms with Gasteiger partial charge in [0.2, 0.25) is 0 Å². The van der Waals surface area contributed by atoms with Gasteiger partial charge in [-0.25, -0.2) is 14.2 Å². The van der Waals surface area contributed by atoms with Gasteiger partial charge in [0.25, 0.3) is 5.56 Å². The first-order chi connectivity index (χ1) is 14.0. The monoisotopic (exact) mass is 410 g/mol. The molecular formula is C21H18N2O5S. The molecule has 0 bridgehead atoms. The van der Waals surface area contributed by atoms with E-state index < -0.39 is 12.1 Å². The minimum absolute atomic E-state index is 0.128. The van der Waals surface area contributed by atoms with E-state index in [0.29, 0.717) is 27.6 Å². The van der Waals surface area contributed by atoms with Crippen LogP contribution >= 0.6 is 11.3 Å². The molecule has 0 saturated heterocycles. The average molecular weight is 410 g/mol. The van der Waals surface area contributed by atoms with Crippen molar-refractivity contribution < 1.29 is 19.4 Å². The van der Waals surface area contributed by atoms with E-state index in [9.17, 15) is 9.59 Å². The van der Waals surface area contributed by atoms with Crippen molar-refractivity contribution in [2.45, 2.75) is 20.0 Å². The molecule has 1 unspecified atom stereocenters. The molecule has 4 rings (SSSR count). The molecule has 2 heterocycles. The summed E-state index contributed by atoms with van der Waals surface area (Å²) in [6.07, 6.45) is 0.763. The van der Waals surface area contributed by atoms with E-state index in [1.54, 1.807) is 28.7 Å². The number of aliphatic carboxylic acids is 1. The first-order valence-electron chi connectivity index (χ1n) is 9.06. The highest BCUT2D eigenvalue weighted by molar-refractivity contribution is 7.15. The first kappa shape index (κ1) is 18.9. The number of hydrogen-bond acceptors (Lipinski definition) is 6. The molecule has 0 aliphatic heterocycles. The zero-order valence-electron chi connectivity index (χ0n) is 15.8. The van der Waals surface area contributed by atoms with Crippen LogP contribution in [0.25, 0.3) is 22.1 Å². The van der Waals surface area contributed by atoms with Gasteiger partial charge in [0.1, 0.15) is 0 Å². The fraction of sp³-hybridized carbons (Fsp3) is 0.190. The summed E-state index contributed by atoms with van der Waals surface area (Å²) < 4.78 is 13.2. The molecule has 0 radical (unpaired) electrons. The van der Waals surface area contributed by atoms with Crippen LogP contribution in [0, 0.1) is 0 Å². The molecule has 4 aromatic rings. The number of hydrogen-bond donors (Lipinski definition) is 1. The fourth-order valence-electron chi connectivity index (χ4n) is 2.98. The number of thiazole rings is 1. The van der Waals surface area contributed by atoms with Crippen molar-refractivity contribution in [1.82, 2.24) is 9.38 Å². The number of imidazole rings is 1. The van der Waals surface area contributed by atoms with E-state index in [1.807, 2.05) is 31.2 Å². The van der Waals surface area contributed by atoms with Crippen LogP contribution in [0.3, 0.4) is 0 Å². The van der Waals surface area contributed by atoms with E-state index in [1.165, 1.54) is 18.3 Å². The van der Waals surface area contributed by atoms with E-state index in [0.717, 1.165) is 16.6 Å². The highest BCUT2D eigenvalue weighted by atomic mass is 32.1. The molecule has 0 spiro atoms. The van der Waals surface area contributed by atoms with Crippen LogP contribution in [0.15, 0.2) is 47.3 Å². The van der Waals surface area contributed by atoms with E-state index >= 15 is 0 Å². The minimum atomic E-state index is -1.06. The number of nitrogens with zero attached hydrogens (tertiary/aromatic N) is 2. The first-order valence-corrected chi connectivity index (χ1v) is 9.87. The second-order valence-electron chi connectivity index (χ2n) is 6.37. The van der Waals surface area contributed by atoms with Gasteiger partial charge >= 0.3 is 5.97 Å². The molecule has 0 fully saturated rings. The van der Waals surface area contributed by atoms with Crippen molar-refractivity contribution in [2.75, 3.05) is 6.61 Å². The number of carbonyl (C=O) groups is 1. The van der Waals surface area contributed by atoms with Crippen molar-refractivity contribution in [3.63, 3.8) is 0 Å². The Morgan fingerprint density at radius 1 is 1.28 bits per heavy atom. The second-order valence-corrected chi connectivity index (χ2v) is 7.38. The summed E-state index contributed by atoms with van der Waals surface area (Å²) in [5.74, 6) is -0.296. The number of rotatable bonds is 6. The molecular weight excluding hydrogens is 392 g/mol. The second kappa shape index (κ2) is 7.56. The summed E-state index contributed by atoms with van der Waals surface area (Å²) in [5, 5.41) is 9.05. The normalized spacial score (nSPS) is 13.1. The smallest absolute Gasteiger partial charge is 0.344 e. The van der Waals surface area contributed by atoms with Gasteiger partial charge in [-0.2, -0.15) is 0 Å². The molecule has 0 saturated carbocycles. The predicted molar refractivity (Wildman–Crippen MR) is 111 cm³/mol. The van der Waals surface area contributed by atoms with Gasteiger partial charge in [0.15, 0.2) is 22.6 Å². The third-order valence-corrected chi connectivity index (χ3v) is 5.33. The SMILES string of the molecule is CCOc1cc(/C=c2\sc3nc4ccccc4n3c2=O)ccc1OC(C)C(=O)O. The highest BCUT2D eigenvalue weighted by Crippen LogP contribution is 2.30. The minimum Gasteiger partial charge on any atom is -0.490 e. The largest absolute Gasteiger partial charge is 0.490 e. The van der Waals surface area contributed by atoms with Gasteiger partial charge in [-0.15, -0.1) is 0 Å². The molecule has 0 aliphatic carbocycles. The van der Waals surface area contributed by atoms with Crippen LogP contribution in [-0.4, -0.2) is 33.2 Å². The summed E-state index contributed by atoms with van der Waals surface area (Å²) in [5.41, 5.74) is 2.19. The highest BCUT2D eigenvalue weighted by Gasteiger charge is 2.16. The Kier molecular flexibility index (Phi) is 4.94. The van der Waals surface area contributed by atoms with Gasteiger partial charge in [0, 0.05) is 0 Å². The lowest BCUT2D eigenvalue weighted by atomic mass is 10.2. The van der Waals surface area contributed by atoms with Crippen molar-refractivity contribution in [3.8, 4) is 11.5 Å². The number of carboxylic acids is 1. The molecule has 29 heavy (non-hydrogen) atoms. The van der Waals surface area contributed by atoms with Gasteiger partial charge in [-0.1, -0.05) is 29.5 Å². The molecule has 8 heteroatoms. The average Bonchev–Trinajstić information content (AvgIpc) is 3.20. The van der Waals surface area contributed by atoms with Crippen molar-refractivity contribution >= 4 is 39.4 Å². The third kappa shape index (κ3) is 3.54. The van der Waals surface area contributed by atoms with E-state index in [-0.39, 0.29) is 5.56 Å². The maximum absolute atomic E-state index is 12.9. The lowest BCUT2D eigenvalue weighted by Gasteiger charge is -2.15. The number of ether oxygens (including phenoxy) is 2. The van der Waals surface area contributed by atoms with Crippen molar-refractivity contribution in [2.24, 2.45) is 0 Å². The Hall–Kier alpha value is -3.39. The van der Waals surface area contributed by atoms with Gasteiger partial charge in [-0.3, -0.25) is 4.79 Å². The summed E-state index contributed by atoms with van der Waals surface area (Å²) in [4.78, 5) is 29.1.